The molecule has 0 aromatic heterocycles. The minimum atomic E-state index is 0.302. The molecule has 0 atom stereocenters. The van der Waals surface area contributed by atoms with E-state index < -0.39 is 0 Å². The number of benzene rings is 1. The number of unbranched alkanes of at least 4 members (excludes halogenated alkanes) is 2. The zero-order valence-electron chi connectivity index (χ0n) is 20.2. The molecule has 1 aromatic rings. The topological polar surface area (TPSA) is 9.23 Å². The van der Waals surface area contributed by atoms with Gasteiger partial charge >= 0.3 is 0 Å². The molecule has 0 radical (unpaired) electrons. The van der Waals surface area contributed by atoms with Crippen LogP contribution in [0, 0.1) is 34.5 Å². The molecule has 31 heavy (non-hydrogen) atoms. The largest absolute Gasteiger partial charge is 0.494 e. The molecule has 0 heterocycles. The van der Waals surface area contributed by atoms with Gasteiger partial charge in [0, 0.05) is 11.0 Å². The smallest absolute Gasteiger partial charge is 0.119 e. The number of hydrogen-bond donors (Lipinski definition) is 0. The fourth-order valence-corrected chi connectivity index (χ4v) is 6.82. The van der Waals surface area contributed by atoms with Crippen LogP contribution in [0.5, 0.6) is 5.75 Å². The molecule has 1 nitrogen and oxygen atoms in total. The van der Waals surface area contributed by atoms with Crippen LogP contribution in [-0.4, -0.2) is 6.61 Å². The Hall–Kier alpha value is -1.42. The molecule has 1 aromatic carbocycles. The van der Waals surface area contributed by atoms with Crippen LogP contribution >= 0.6 is 0 Å². The standard InChI is InChI=1S/C30H44O/c1-3-5-6-7-25-8-12-27(13-9-25)30-21-18-29(19-22-30,20-23-30)17-16-26-10-14-28(15-11-26)31-24-4-2/h10-11,14-15,25,27H,3-9,12-13,18-24H2,1-2H3. The highest BCUT2D eigenvalue weighted by molar-refractivity contribution is 5.39. The second-order valence-corrected chi connectivity index (χ2v) is 11.0. The van der Waals surface area contributed by atoms with Crippen molar-refractivity contribution in [3.63, 3.8) is 0 Å². The van der Waals surface area contributed by atoms with Gasteiger partial charge in [0.05, 0.1) is 6.61 Å². The average molecular weight is 421 g/mol. The van der Waals surface area contributed by atoms with Gasteiger partial charge < -0.3 is 4.74 Å². The second kappa shape index (κ2) is 10.5. The summed E-state index contributed by atoms with van der Waals surface area (Å²) in [6.07, 6.45) is 21.2. The third kappa shape index (κ3) is 5.50. The van der Waals surface area contributed by atoms with Gasteiger partial charge in [0.25, 0.3) is 0 Å². The van der Waals surface area contributed by atoms with E-state index in [0.717, 1.165) is 36.2 Å². The summed E-state index contributed by atoms with van der Waals surface area (Å²) in [7, 11) is 0. The van der Waals surface area contributed by atoms with Crippen LogP contribution in [0.4, 0.5) is 0 Å². The Bertz CT molecular complexity index is 716. The molecular formula is C30H44O. The lowest BCUT2D eigenvalue weighted by atomic mass is 9.48. The summed E-state index contributed by atoms with van der Waals surface area (Å²) in [5, 5.41) is 0. The lowest BCUT2D eigenvalue weighted by molar-refractivity contribution is -0.0379. The molecule has 0 amide bonds. The van der Waals surface area contributed by atoms with E-state index >= 15 is 0 Å². The molecule has 0 aliphatic heterocycles. The van der Waals surface area contributed by atoms with E-state index in [1.807, 2.05) is 0 Å². The minimum absolute atomic E-state index is 0.302. The molecule has 170 valence electrons. The van der Waals surface area contributed by atoms with Gasteiger partial charge in [0.15, 0.2) is 0 Å². The monoisotopic (exact) mass is 420 g/mol. The summed E-state index contributed by atoms with van der Waals surface area (Å²) in [6.45, 7) is 5.25. The number of hydrogen-bond acceptors (Lipinski definition) is 1. The maximum atomic E-state index is 5.70. The van der Waals surface area contributed by atoms with E-state index in [4.69, 9.17) is 4.74 Å². The van der Waals surface area contributed by atoms with Crippen molar-refractivity contribution in [2.45, 2.75) is 110 Å². The summed E-state index contributed by atoms with van der Waals surface area (Å²) < 4.78 is 5.70. The molecule has 4 aliphatic rings. The Labute approximate surface area is 191 Å². The number of rotatable bonds is 8. The number of fused-ring (bicyclic) bond motifs is 3. The van der Waals surface area contributed by atoms with Gasteiger partial charge in [-0.1, -0.05) is 64.2 Å². The minimum Gasteiger partial charge on any atom is -0.494 e. The average Bonchev–Trinajstić information content (AvgIpc) is 2.84. The van der Waals surface area contributed by atoms with Crippen molar-refractivity contribution in [3.05, 3.63) is 29.8 Å². The van der Waals surface area contributed by atoms with Crippen LogP contribution in [0.25, 0.3) is 0 Å². The molecule has 4 saturated carbocycles. The van der Waals surface area contributed by atoms with Crippen LogP contribution in [0.2, 0.25) is 0 Å². The first-order valence-corrected chi connectivity index (χ1v) is 13.4. The maximum Gasteiger partial charge on any atom is 0.119 e. The first-order chi connectivity index (χ1) is 15.2. The Kier molecular flexibility index (Phi) is 7.68. The molecule has 0 saturated heterocycles. The van der Waals surface area contributed by atoms with E-state index in [0.29, 0.717) is 10.8 Å². The van der Waals surface area contributed by atoms with Gasteiger partial charge in [-0.3, -0.25) is 0 Å². The zero-order valence-corrected chi connectivity index (χ0v) is 20.2. The van der Waals surface area contributed by atoms with E-state index in [2.05, 4.69) is 50.0 Å². The van der Waals surface area contributed by atoms with Crippen molar-refractivity contribution in [3.8, 4) is 17.6 Å². The highest BCUT2D eigenvalue weighted by Crippen LogP contribution is 2.62. The highest BCUT2D eigenvalue weighted by Gasteiger charge is 2.51. The summed E-state index contributed by atoms with van der Waals surface area (Å²) in [5.41, 5.74) is 2.12. The third-order valence-corrected chi connectivity index (χ3v) is 9.03. The lowest BCUT2D eigenvalue weighted by Crippen LogP contribution is -2.45. The van der Waals surface area contributed by atoms with Crippen LogP contribution in [0.15, 0.2) is 24.3 Å². The molecule has 0 unspecified atom stereocenters. The first kappa shape index (κ1) is 22.8. The number of ether oxygens (including phenoxy) is 1. The second-order valence-electron chi connectivity index (χ2n) is 11.0. The third-order valence-electron chi connectivity index (χ3n) is 9.03. The van der Waals surface area contributed by atoms with E-state index in [9.17, 15) is 0 Å². The van der Waals surface area contributed by atoms with Gasteiger partial charge in [-0.25, -0.2) is 0 Å². The van der Waals surface area contributed by atoms with Gasteiger partial charge in [-0.15, -0.1) is 0 Å². The molecular weight excluding hydrogens is 376 g/mol. The first-order valence-electron chi connectivity index (χ1n) is 13.4. The molecule has 2 bridgehead atoms. The van der Waals surface area contributed by atoms with E-state index in [1.54, 1.807) is 0 Å². The van der Waals surface area contributed by atoms with Gasteiger partial charge in [-0.2, -0.15) is 0 Å². The van der Waals surface area contributed by atoms with Crippen molar-refractivity contribution >= 4 is 0 Å². The van der Waals surface area contributed by atoms with E-state index in [-0.39, 0.29) is 0 Å². The SMILES string of the molecule is CCCCCC1CCC(C23CCC(C#Cc4ccc(OCCC)cc4)(CC2)CC3)CC1. The fourth-order valence-electron chi connectivity index (χ4n) is 6.82. The zero-order chi connectivity index (χ0) is 21.6. The van der Waals surface area contributed by atoms with Crippen molar-refractivity contribution in [2.24, 2.45) is 22.7 Å². The van der Waals surface area contributed by atoms with E-state index in [1.165, 1.54) is 89.9 Å². The molecule has 0 spiro atoms. The molecule has 4 fully saturated rings. The Balaban J connectivity index is 1.29. The fraction of sp³-hybridized carbons (Fsp3) is 0.733. The van der Waals surface area contributed by atoms with Crippen LogP contribution in [0.1, 0.15) is 116 Å². The Morgan fingerprint density at radius 1 is 0.839 bits per heavy atom. The van der Waals surface area contributed by atoms with Crippen LogP contribution in [0.3, 0.4) is 0 Å². The quantitative estimate of drug-likeness (QED) is 0.302. The Morgan fingerprint density at radius 2 is 1.52 bits per heavy atom. The van der Waals surface area contributed by atoms with Gasteiger partial charge in [-0.05, 0) is 99.3 Å². The summed E-state index contributed by atoms with van der Waals surface area (Å²) in [4.78, 5) is 0. The lowest BCUT2D eigenvalue weighted by Gasteiger charge is -2.56. The van der Waals surface area contributed by atoms with Crippen molar-refractivity contribution in [1.29, 1.82) is 0 Å². The molecule has 0 N–H and O–H groups in total. The van der Waals surface area contributed by atoms with Crippen LogP contribution < -0.4 is 4.74 Å². The predicted molar refractivity (Wildman–Crippen MR) is 131 cm³/mol. The highest BCUT2D eigenvalue weighted by atomic mass is 16.5. The van der Waals surface area contributed by atoms with Crippen molar-refractivity contribution < 1.29 is 4.74 Å². The summed E-state index contributed by atoms with van der Waals surface area (Å²) in [6, 6.07) is 8.40. The van der Waals surface area contributed by atoms with Gasteiger partial charge in [0.1, 0.15) is 5.75 Å². The van der Waals surface area contributed by atoms with Crippen molar-refractivity contribution in [2.75, 3.05) is 6.61 Å². The normalized spacial score (nSPS) is 32.3. The van der Waals surface area contributed by atoms with Crippen LogP contribution in [-0.2, 0) is 0 Å². The summed E-state index contributed by atoms with van der Waals surface area (Å²) in [5.74, 6) is 10.3. The maximum absolute atomic E-state index is 5.70. The molecule has 1 heteroatoms. The molecule has 5 rings (SSSR count). The summed E-state index contributed by atoms with van der Waals surface area (Å²) >= 11 is 0. The van der Waals surface area contributed by atoms with Gasteiger partial charge in [0.2, 0.25) is 0 Å². The predicted octanol–water partition coefficient (Wildman–Crippen LogP) is 8.55. The van der Waals surface area contributed by atoms with Crippen molar-refractivity contribution in [1.82, 2.24) is 0 Å². The molecule has 4 aliphatic carbocycles. The Morgan fingerprint density at radius 3 is 2.13 bits per heavy atom.